The zero-order chi connectivity index (χ0) is 13.7. The van der Waals surface area contributed by atoms with Crippen molar-refractivity contribution >= 4 is 28.9 Å². The highest BCUT2D eigenvalue weighted by Gasteiger charge is 2.13. The second-order valence-electron chi connectivity index (χ2n) is 5.76. The third-order valence-corrected chi connectivity index (χ3v) is 3.18. The molecule has 0 spiro atoms. The first-order valence-corrected chi connectivity index (χ1v) is 7.35. The second-order valence-corrected chi connectivity index (χ2v) is 6.63. The van der Waals surface area contributed by atoms with Gasteiger partial charge in [-0.25, -0.2) is 0 Å². The van der Waals surface area contributed by atoms with E-state index in [0.717, 1.165) is 18.5 Å². The second kappa shape index (κ2) is 7.25. The molecule has 0 unspecified atom stereocenters. The molecule has 0 heterocycles. The Morgan fingerprint density at radius 3 is 1.72 bits per heavy atom. The molecule has 1 nitrogen and oxygen atoms in total. The van der Waals surface area contributed by atoms with Crippen LogP contribution in [0.25, 0.3) is 0 Å². The van der Waals surface area contributed by atoms with E-state index < -0.39 is 0 Å². The van der Waals surface area contributed by atoms with Crippen molar-refractivity contribution < 1.29 is 0 Å². The highest BCUT2D eigenvalue weighted by Crippen LogP contribution is 2.25. The first-order chi connectivity index (χ1) is 8.36. The van der Waals surface area contributed by atoms with E-state index >= 15 is 0 Å². The van der Waals surface area contributed by atoms with Gasteiger partial charge in [-0.3, -0.25) is 0 Å². The number of hydrogen-bond acceptors (Lipinski definition) is 1. The molecule has 0 bridgehead atoms. The first kappa shape index (κ1) is 15.7. The van der Waals surface area contributed by atoms with Gasteiger partial charge in [-0.2, -0.15) is 0 Å². The molecule has 1 N–H and O–H groups in total. The van der Waals surface area contributed by atoms with E-state index in [1.165, 1.54) is 0 Å². The van der Waals surface area contributed by atoms with E-state index in [4.69, 9.17) is 23.2 Å². The normalized spacial score (nSPS) is 11.6. The summed E-state index contributed by atoms with van der Waals surface area (Å²) in [5.74, 6) is 1.35. The lowest BCUT2D eigenvalue weighted by atomic mass is 9.95. The Morgan fingerprint density at radius 1 is 0.889 bits per heavy atom. The van der Waals surface area contributed by atoms with Crippen molar-refractivity contribution in [2.75, 3.05) is 5.32 Å². The monoisotopic (exact) mass is 287 g/mol. The van der Waals surface area contributed by atoms with Crippen molar-refractivity contribution in [3.05, 3.63) is 28.2 Å². The molecule has 0 saturated carbocycles. The SMILES string of the molecule is CC(C)CC(CC(C)C)Nc1cc(Cl)cc(Cl)c1. The Morgan fingerprint density at radius 2 is 1.33 bits per heavy atom. The molecular weight excluding hydrogens is 265 g/mol. The molecule has 0 fully saturated rings. The van der Waals surface area contributed by atoms with Gasteiger partial charge in [-0.05, 0) is 42.9 Å². The van der Waals surface area contributed by atoms with Gasteiger partial charge in [0, 0.05) is 21.8 Å². The van der Waals surface area contributed by atoms with Crippen LogP contribution in [-0.2, 0) is 0 Å². The molecule has 0 aliphatic heterocycles. The third-order valence-electron chi connectivity index (χ3n) is 2.75. The topological polar surface area (TPSA) is 12.0 Å². The molecule has 18 heavy (non-hydrogen) atoms. The average molecular weight is 288 g/mol. The number of benzene rings is 1. The molecule has 3 heteroatoms. The molecule has 0 saturated heterocycles. The molecular formula is C15H23Cl2N. The highest BCUT2D eigenvalue weighted by molar-refractivity contribution is 6.35. The minimum absolute atomic E-state index is 0.472. The number of halogens is 2. The molecule has 0 atom stereocenters. The van der Waals surface area contributed by atoms with Gasteiger partial charge in [0.05, 0.1) is 0 Å². The molecule has 1 aromatic rings. The minimum atomic E-state index is 0.472. The van der Waals surface area contributed by atoms with Crippen LogP contribution >= 0.6 is 23.2 Å². The lowest BCUT2D eigenvalue weighted by Crippen LogP contribution is -2.23. The van der Waals surface area contributed by atoms with Crippen molar-refractivity contribution in [3.63, 3.8) is 0 Å². The van der Waals surface area contributed by atoms with Crippen LogP contribution < -0.4 is 5.32 Å². The third kappa shape index (κ3) is 5.97. The first-order valence-electron chi connectivity index (χ1n) is 6.59. The van der Waals surface area contributed by atoms with Crippen molar-refractivity contribution in [3.8, 4) is 0 Å². The Labute approximate surface area is 121 Å². The van der Waals surface area contributed by atoms with Crippen molar-refractivity contribution in [1.82, 2.24) is 0 Å². The maximum absolute atomic E-state index is 6.02. The smallest absolute Gasteiger partial charge is 0.0441 e. The van der Waals surface area contributed by atoms with Crippen LogP contribution in [0.5, 0.6) is 0 Å². The Hall–Kier alpha value is -0.400. The van der Waals surface area contributed by atoms with E-state index in [-0.39, 0.29) is 0 Å². The van der Waals surface area contributed by atoms with Crippen LogP contribution in [0.2, 0.25) is 10.0 Å². The molecule has 0 radical (unpaired) electrons. The molecule has 1 rings (SSSR count). The van der Waals surface area contributed by atoms with Crippen LogP contribution in [0, 0.1) is 11.8 Å². The Kier molecular flexibility index (Phi) is 6.31. The zero-order valence-electron chi connectivity index (χ0n) is 11.6. The summed E-state index contributed by atoms with van der Waals surface area (Å²) in [5.41, 5.74) is 1.01. The van der Waals surface area contributed by atoms with Gasteiger partial charge < -0.3 is 5.32 Å². The molecule has 0 aliphatic rings. The van der Waals surface area contributed by atoms with Gasteiger partial charge in [0.25, 0.3) is 0 Å². The molecule has 0 aromatic heterocycles. The van der Waals surface area contributed by atoms with Gasteiger partial charge in [-0.15, -0.1) is 0 Å². The van der Waals surface area contributed by atoms with Crippen molar-refractivity contribution in [2.45, 2.75) is 46.6 Å². The number of hydrogen-bond donors (Lipinski definition) is 1. The van der Waals surface area contributed by atoms with Crippen LogP contribution in [0.3, 0.4) is 0 Å². The van der Waals surface area contributed by atoms with Gasteiger partial charge >= 0.3 is 0 Å². The lowest BCUT2D eigenvalue weighted by Gasteiger charge is -2.23. The molecule has 102 valence electrons. The summed E-state index contributed by atoms with van der Waals surface area (Å²) in [6.07, 6.45) is 2.31. The van der Waals surface area contributed by atoms with Crippen LogP contribution in [-0.4, -0.2) is 6.04 Å². The molecule has 0 amide bonds. The van der Waals surface area contributed by atoms with Crippen LogP contribution in [0.4, 0.5) is 5.69 Å². The van der Waals surface area contributed by atoms with Gasteiger partial charge in [-0.1, -0.05) is 50.9 Å². The van der Waals surface area contributed by atoms with Crippen molar-refractivity contribution in [1.29, 1.82) is 0 Å². The van der Waals surface area contributed by atoms with Gasteiger partial charge in [0.1, 0.15) is 0 Å². The standard InChI is InChI=1S/C15H23Cl2N/c1-10(2)5-14(6-11(3)4)18-15-8-12(16)7-13(17)9-15/h7-11,14,18H,5-6H2,1-4H3. The largest absolute Gasteiger partial charge is 0.382 e. The Bertz CT molecular complexity index is 345. The van der Waals surface area contributed by atoms with Gasteiger partial charge in [0.2, 0.25) is 0 Å². The maximum Gasteiger partial charge on any atom is 0.0441 e. The summed E-state index contributed by atoms with van der Waals surface area (Å²) in [5, 5.41) is 4.91. The summed E-state index contributed by atoms with van der Waals surface area (Å²) in [6, 6.07) is 6.09. The predicted octanol–water partition coefficient (Wildman–Crippen LogP) is 5.87. The highest BCUT2D eigenvalue weighted by atomic mass is 35.5. The number of anilines is 1. The van der Waals surface area contributed by atoms with E-state index in [1.807, 2.05) is 12.1 Å². The van der Waals surface area contributed by atoms with E-state index in [0.29, 0.717) is 27.9 Å². The van der Waals surface area contributed by atoms with E-state index in [2.05, 4.69) is 33.0 Å². The Balaban J connectivity index is 2.74. The van der Waals surface area contributed by atoms with E-state index in [1.54, 1.807) is 6.07 Å². The molecule has 0 aliphatic carbocycles. The lowest BCUT2D eigenvalue weighted by molar-refractivity contribution is 0.442. The average Bonchev–Trinajstić information content (AvgIpc) is 2.12. The minimum Gasteiger partial charge on any atom is -0.382 e. The van der Waals surface area contributed by atoms with E-state index in [9.17, 15) is 0 Å². The van der Waals surface area contributed by atoms with Crippen LogP contribution in [0.15, 0.2) is 18.2 Å². The number of rotatable bonds is 6. The summed E-state index contributed by atoms with van der Waals surface area (Å²) in [6.45, 7) is 9.00. The van der Waals surface area contributed by atoms with Crippen LogP contribution in [0.1, 0.15) is 40.5 Å². The predicted molar refractivity (Wildman–Crippen MR) is 82.8 cm³/mol. The fraction of sp³-hybridized carbons (Fsp3) is 0.600. The summed E-state index contributed by atoms with van der Waals surface area (Å²) in [4.78, 5) is 0. The fourth-order valence-electron chi connectivity index (χ4n) is 2.23. The number of nitrogens with one attached hydrogen (secondary N) is 1. The summed E-state index contributed by atoms with van der Waals surface area (Å²) in [7, 11) is 0. The zero-order valence-corrected chi connectivity index (χ0v) is 13.1. The quantitative estimate of drug-likeness (QED) is 0.690. The van der Waals surface area contributed by atoms with Crippen molar-refractivity contribution in [2.24, 2.45) is 11.8 Å². The summed E-state index contributed by atoms with van der Waals surface area (Å²) >= 11 is 12.0. The summed E-state index contributed by atoms with van der Waals surface area (Å²) < 4.78 is 0. The fourth-order valence-corrected chi connectivity index (χ4v) is 2.75. The van der Waals surface area contributed by atoms with Gasteiger partial charge in [0.15, 0.2) is 0 Å². The molecule has 1 aromatic carbocycles. The maximum atomic E-state index is 6.02.